The van der Waals surface area contributed by atoms with Crippen LogP contribution in [0.1, 0.15) is 11.4 Å². The Kier molecular flexibility index (Phi) is 4.06. The molecule has 0 radical (unpaired) electrons. The van der Waals surface area contributed by atoms with Crippen LogP contribution in [0.2, 0.25) is 5.02 Å². The molecule has 0 atom stereocenters. The molecule has 0 unspecified atom stereocenters. The molecule has 0 saturated carbocycles. The molecule has 6 nitrogen and oxygen atoms in total. The van der Waals surface area contributed by atoms with Crippen molar-refractivity contribution in [1.82, 2.24) is 9.66 Å². The molecule has 0 spiro atoms. The van der Waals surface area contributed by atoms with E-state index in [1.165, 1.54) is 11.3 Å². The standard InChI is InChI=1S/C15H13ClN4O2S/c1-8-3-4-10(7-12(8)16)18-15(22)19-20-9(2)17-13-11(14(20)21)5-6-23-13/h3-7H,1-2H3,(H2,18,19,22). The predicted octanol–water partition coefficient (Wildman–Crippen LogP) is 3.50. The number of carbonyl (C=O) groups excluding carboxylic acids is 1. The van der Waals surface area contributed by atoms with Gasteiger partial charge in [-0.05, 0) is 43.0 Å². The summed E-state index contributed by atoms with van der Waals surface area (Å²) in [4.78, 5) is 29.4. The van der Waals surface area contributed by atoms with Crippen LogP contribution in [0.3, 0.4) is 0 Å². The first-order valence-corrected chi connectivity index (χ1v) is 8.02. The average molecular weight is 349 g/mol. The van der Waals surface area contributed by atoms with Crippen molar-refractivity contribution in [3.8, 4) is 0 Å². The molecule has 23 heavy (non-hydrogen) atoms. The fourth-order valence-corrected chi connectivity index (χ4v) is 3.06. The zero-order valence-electron chi connectivity index (χ0n) is 12.4. The van der Waals surface area contributed by atoms with Crippen molar-refractivity contribution in [2.24, 2.45) is 0 Å². The van der Waals surface area contributed by atoms with Gasteiger partial charge in [-0.15, -0.1) is 11.3 Å². The molecule has 0 aliphatic carbocycles. The fraction of sp³-hybridized carbons (Fsp3) is 0.133. The molecule has 0 fully saturated rings. The van der Waals surface area contributed by atoms with Crippen LogP contribution in [0.25, 0.3) is 10.2 Å². The Balaban J connectivity index is 1.85. The molecule has 2 heterocycles. The Hall–Kier alpha value is -2.38. The number of aromatic nitrogens is 2. The molecule has 2 aromatic heterocycles. The quantitative estimate of drug-likeness (QED) is 0.744. The lowest BCUT2D eigenvalue weighted by Crippen LogP contribution is -2.37. The minimum atomic E-state index is -0.550. The van der Waals surface area contributed by atoms with Gasteiger partial charge in [0.05, 0.1) is 5.39 Å². The van der Waals surface area contributed by atoms with E-state index < -0.39 is 6.03 Å². The fourth-order valence-electron chi connectivity index (χ4n) is 2.08. The number of aryl methyl sites for hydroxylation is 2. The lowest BCUT2D eigenvalue weighted by molar-refractivity contribution is 0.259. The smallest absolute Gasteiger partial charge is 0.307 e. The summed E-state index contributed by atoms with van der Waals surface area (Å²) in [5, 5.41) is 5.45. The maximum Gasteiger partial charge on any atom is 0.338 e. The minimum absolute atomic E-state index is 0.314. The van der Waals surface area contributed by atoms with Gasteiger partial charge in [0.15, 0.2) is 0 Å². The van der Waals surface area contributed by atoms with Crippen LogP contribution in [-0.4, -0.2) is 15.7 Å². The zero-order valence-corrected chi connectivity index (χ0v) is 14.0. The summed E-state index contributed by atoms with van der Waals surface area (Å²) < 4.78 is 1.13. The van der Waals surface area contributed by atoms with E-state index in [0.29, 0.717) is 26.8 Å². The summed E-state index contributed by atoms with van der Waals surface area (Å²) in [5.74, 6) is 0.405. The summed E-state index contributed by atoms with van der Waals surface area (Å²) >= 11 is 7.41. The summed E-state index contributed by atoms with van der Waals surface area (Å²) in [6, 6.07) is 6.31. The van der Waals surface area contributed by atoms with E-state index in [1.807, 2.05) is 6.92 Å². The number of hydrogen-bond donors (Lipinski definition) is 2. The van der Waals surface area contributed by atoms with Gasteiger partial charge in [-0.2, -0.15) is 0 Å². The number of carbonyl (C=O) groups is 1. The lowest BCUT2D eigenvalue weighted by Gasteiger charge is -2.12. The van der Waals surface area contributed by atoms with Gasteiger partial charge >= 0.3 is 6.03 Å². The lowest BCUT2D eigenvalue weighted by atomic mass is 10.2. The Morgan fingerprint density at radius 2 is 2.09 bits per heavy atom. The molecule has 0 aliphatic heterocycles. The van der Waals surface area contributed by atoms with Crippen molar-refractivity contribution >= 4 is 44.9 Å². The molecule has 2 amide bonds. The van der Waals surface area contributed by atoms with Crippen LogP contribution in [0.4, 0.5) is 10.5 Å². The predicted molar refractivity (Wildman–Crippen MR) is 93.2 cm³/mol. The van der Waals surface area contributed by atoms with Gasteiger partial charge in [-0.25, -0.2) is 19.9 Å². The first kappa shape index (κ1) is 15.5. The maximum atomic E-state index is 12.4. The number of hydrogen-bond acceptors (Lipinski definition) is 4. The number of nitrogens with zero attached hydrogens (tertiary/aromatic N) is 2. The van der Waals surface area contributed by atoms with E-state index in [1.54, 1.807) is 36.6 Å². The second kappa shape index (κ2) is 6.02. The SMILES string of the molecule is Cc1ccc(NC(=O)Nn2c(C)nc3sccc3c2=O)cc1Cl. The third-order valence-electron chi connectivity index (χ3n) is 3.31. The van der Waals surface area contributed by atoms with Crippen molar-refractivity contribution in [3.63, 3.8) is 0 Å². The second-order valence-electron chi connectivity index (χ2n) is 4.97. The molecule has 3 aromatic rings. The van der Waals surface area contributed by atoms with Crippen LogP contribution >= 0.6 is 22.9 Å². The molecule has 0 bridgehead atoms. The number of fused-ring (bicyclic) bond motifs is 1. The zero-order chi connectivity index (χ0) is 16.6. The summed E-state index contributed by atoms with van der Waals surface area (Å²) in [7, 11) is 0. The third-order valence-corrected chi connectivity index (χ3v) is 4.52. The molecule has 3 rings (SSSR count). The molecule has 118 valence electrons. The van der Waals surface area contributed by atoms with Gasteiger partial charge in [0.1, 0.15) is 10.7 Å². The van der Waals surface area contributed by atoms with Gasteiger partial charge in [-0.1, -0.05) is 17.7 Å². The van der Waals surface area contributed by atoms with Gasteiger partial charge in [0.25, 0.3) is 5.56 Å². The van der Waals surface area contributed by atoms with Gasteiger partial charge in [0, 0.05) is 10.7 Å². The van der Waals surface area contributed by atoms with Crippen LogP contribution in [0.5, 0.6) is 0 Å². The number of benzene rings is 1. The number of thiophene rings is 1. The largest absolute Gasteiger partial charge is 0.338 e. The van der Waals surface area contributed by atoms with Crippen molar-refractivity contribution in [2.75, 3.05) is 10.7 Å². The van der Waals surface area contributed by atoms with Gasteiger partial charge in [-0.3, -0.25) is 4.79 Å². The highest BCUT2D eigenvalue weighted by molar-refractivity contribution is 7.16. The number of urea groups is 1. The highest BCUT2D eigenvalue weighted by atomic mass is 35.5. The Morgan fingerprint density at radius 3 is 2.83 bits per heavy atom. The van der Waals surface area contributed by atoms with Crippen molar-refractivity contribution in [2.45, 2.75) is 13.8 Å². The first-order chi connectivity index (χ1) is 11.0. The number of halogens is 1. The van der Waals surface area contributed by atoms with Gasteiger partial charge in [0.2, 0.25) is 0 Å². The third kappa shape index (κ3) is 3.06. The Labute approximate surface area is 140 Å². The molecule has 0 saturated heterocycles. The van der Waals surface area contributed by atoms with Crippen molar-refractivity contribution in [1.29, 1.82) is 0 Å². The summed E-state index contributed by atoms with van der Waals surface area (Å²) in [6.45, 7) is 3.53. The highest BCUT2D eigenvalue weighted by Gasteiger charge is 2.11. The van der Waals surface area contributed by atoms with E-state index in [2.05, 4.69) is 15.7 Å². The molecule has 0 aliphatic rings. The average Bonchev–Trinajstić information content (AvgIpc) is 2.95. The molecule has 1 aromatic carbocycles. The van der Waals surface area contributed by atoms with Crippen molar-refractivity contribution in [3.05, 3.63) is 56.4 Å². The maximum absolute atomic E-state index is 12.4. The molecular formula is C15H13ClN4O2S. The normalized spacial score (nSPS) is 10.7. The van der Waals surface area contributed by atoms with E-state index in [-0.39, 0.29) is 5.56 Å². The van der Waals surface area contributed by atoms with Crippen LogP contribution in [-0.2, 0) is 0 Å². The first-order valence-electron chi connectivity index (χ1n) is 6.77. The van der Waals surface area contributed by atoms with E-state index in [0.717, 1.165) is 10.2 Å². The monoisotopic (exact) mass is 348 g/mol. The van der Waals surface area contributed by atoms with Crippen LogP contribution in [0, 0.1) is 13.8 Å². The summed E-state index contributed by atoms with van der Waals surface area (Å²) in [5.41, 5.74) is 3.63. The van der Waals surface area contributed by atoms with E-state index in [9.17, 15) is 9.59 Å². The molecular weight excluding hydrogens is 336 g/mol. The highest BCUT2D eigenvalue weighted by Crippen LogP contribution is 2.20. The van der Waals surface area contributed by atoms with E-state index in [4.69, 9.17) is 11.6 Å². The van der Waals surface area contributed by atoms with Crippen LogP contribution in [0.15, 0.2) is 34.4 Å². The number of amides is 2. The number of anilines is 1. The topological polar surface area (TPSA) is 76.0 Å². The second-order valence-corrected chi connectivity index (χ2v) is 6.27. The molecule has 2 N–H and O–H groups in total. The Bertz CT molecular complexity index is 964. The molecule has 8 heteroatoms. The Morgan fingerprint density at radius 1 is 1.30 bits per heavy atom. The van der Waals surface area contributed by atoms with E-state index >= 15 is 0 Å². The van der Waals surface area contributed by atoms with Crippen molar-refractivity contribution < 1.29 is 4.79 Å². The summed E-state index contributed by atoms with van der Waals surface area (Å²) in [6.07, 6.45) is 0. The van der Waals surface area contributed by atoms with Crippen LogP contribution < -0.4 is 16.3 Å². The van der Waals surface area contributed by atoms with Gasteiger partial charge < -0.3 is 5.32 Å². The number of nitrogens with one attached hydrogen (secondary N) is 2. The minimum Gasteiger partial charge on any atom is -0.307 e. The number of rotatable bonds is 2.